The SMILES string of the molecule is O=C(O)Cc1nc(Cc2ccc(Cl)cc2)cs1. The van der Waals surface area contributed by atoms with E-state index in [2.05, 4.69) is 4.98 Å². The van der Waals surface area contributed by atoms with Gasteiger partial charge in [-0.05, 0) is 17.7 Å². The van der Waals surface area contributed by atoms with Crippen LogP contribution in [0.1, 0.15) is 16.3 Å². The molecule has 2 rings (SSSR count). The van der Waals surface area contributed by atoms with Crippen molar-refractivity contribution in [2.75, 3.05) is 0 Å². The number of carboxylic acids is 1. The first kappa shape index (κ1) is 12.1. The molecule has 88 valence electrons. The number of carboxylic acid groups (broad SMARTS) is 1. The molecule has 0 fully saturated rings. The summed E-state index contributed by atoms with van der Waals surface area (Å²) in [5.74, 6) is -0.850. The van der Waals surface area contributed by atoms with Gasteiger partial charge in [-0.2, -0.15) is 0 Å². The minimum absolute atomic E-state index is 0.00865. The van der Waals surface area contributed by atoms with E-state index in [1.54, 1.807) is 0 Å². The molecule has 1 aromatic heterocycles. The molecule has 0 saturated carbocycles. The molecule has 0 saturated heterocycles. The fourth-order valence-electron chi connectivity index (χ4n) is 1.45. The van der Waals surface area contributed by atoms with E-state index in [1.807, 2.05) is 29.6 Å². The van der Waals surface area contributed by atoms with Crippen LogP contribution in [0, 0.1) is 0 Å². The van der Waals surface area contributed by atoms with Gasteiger partial charge in [0, 0.05) is 16.8 Å². The van der Waals surface area contributed by atoms with Crippen molar-refractivity contribution in [3.63, 3.8) is 0 Å². The van der Waals surface area contributed by atoms with Crippen molar-refractivity contribution in [2.45, 2.75) is 12.8 Å². The van der Waals surface area contributed by atoms with Crippen LogP contribution in [0.2, 0.25) is 5.02 Å². The Morgan fingerprint density at radius 3 is 2.71 bits per heavy atom. The van der Waals surface area contributed by atoms with Gasteiger partial charge in [-0.15, -0.1) is 11.3 Å². The van der Waals surface area contributed by atoms with Gasteiger partial charge < -0.3 is 5.11 Å². The number of thiazole rings is 1. The first-order valence-corrected chi connectivity index (χ1v) is 6.29. The highest BCUT2D eigenvalue weighted by molar-refractivity contribution is 7.09. The molecule has 0 bridgehead atoms. The van der Waals surface area contributed by atoms with E-state index in [9.17, 15) is 4.79 Å². The lowest BCUT2D eigenvalue weighted by molar-refractivity contribution is -0.136. The highest BCUT2D eigenvalue weighted by atomic mass is 35.5. The fraction of sp³-hybridized carbons (Fsp3) is 0.167. The largest absolute Gasteiger partial charge is 0.481 e. The van der Waals surface area contributed by atoms with Crippen LogP contribution in [0.5, 0.6) is 0 Å². The van der Waals surface area contributed by atoms with Crippen LogP contribution in [0.3, 0.4) is 0 Å². The normalized spacial score (nSPS) is 10.4. The smallest absolute Gasteiger partial charge is 0.310 e. The minimum Gasteiger partial charge on any atom is -0.481 e. The molecule has 2 aromatic rings. The van der Waals surface area contributed by atoms with E-state index in [0.29, 0.717) is 16.5 Å². The van der Waals surface area contributed by atoms with Gasteiger partial charge in [0.05, 0.1) is 12.1 Å². The van der Waals surface area contributed by atoms with Crippen molar-refractivity contribution in [3.8, 4) is 0 Å². The van der Waals surface area contributed by atoms with Gasteiger partial charge in [-0.1, -0.05) is 23.7 Å². The second-order valence-electron chi connectivity index (χ2n) is 3.61. The van der Waals surface area contributed by atoms with Gasteiger partial charge in [0.15, 0.2) is 0 Å². The van der Waals surface area contributed by atoms with Crippen LogP contribution in [-0.4, -0.2) is 16.1 Å². The van der Waals surface area contributed by atoms with Crippen LogP contribution in [0.4, 0.5) is 0 Å². The van der Waals surface area contributed by atoms with E-state index >= 15 is 0 Å². The number of benzene rings is 1. The van der Waals surface area contributed by atoms with Crippen LogP contribution < -0.4 is 0 Å². The molecule has 0 amide bonds. The number of hydrogen-bond acceptors (Lipinski definition) is 3. The summed E-state index contributed by atoms with van der Waals surface area (Å²) in [6.07, 6.45) is 0.693. The quantitative estimate of drug-likeness (QED) is 0.926. The standard InChI is InChI=1S/C12H10ClNO2S/c13-9-3-1-8(2-4-9)5-10-7-17-11(14-10)6-12(15)16/h1-4,7H,5-6H2,(H,15,16). The number of nitrogens with zero attached hydrogens (tertiary/aromatic N) is 1. The predicted octanol–water partition coefficient (Wildman–Crippen LogP) is 3.01. The summed E-state index contributed by atoms with van der Waals surface area (Å²) in [6, 6.07) is 7.56. The number of carbonyl (C=O) groups is 1. The third-order valence-corrected chi connectivity index (χ3v) is 3.35. The first-order chi connectivity index (χ1) is 8.13. The molecular formula is C12H10ClNO2S. The van der Waals surface area contributed by atoms with E-state index in [4.69, 9.17) is 16.7 Å². The maximum atomic E-state index is 10.5. The molecule has 0 spiro atoms. The van der Waals surface area contributed by atoms with E-state index in [0.717, 1.165) is 11.3 Å². The maximum Gasteiger partial charge on any atom is 0.310 e. The molecule has 0 atom stereocenters. The molecular weight excluding hydrogens is 258 g/mol. The lowest BCUT2D eigenvalue weighted by Crippen LogP contribution is -1.99. The molecule has 17 heavy (non-hydrogen) atoms. The summed E-state index contributed by atoms with van der Waals surface area (Å²) < 4.78 is 0. The average molecular weight is 268 g/mol. The third-order valence-electron chi connectivity index (χ3n) is 2.20. The van der Waals surface area contributed by atoms with E-state index < -0.39 is 5.97 Å². The number of hydrogen-bond donors (Lipinski definition) is 1. The summed E-state index contributed by atoms with van der Waals surface area (Å²) in [6.45, 7) is 0. The zero-order valence-corrected chi connectivity index (χ0v) is 10.5. The monoisotopic (exact) mass is 267 g/mol. The highest BCUT2D eigenvalue weighted by Gasteiger charge is 2.06. The van der Waals surface area contributed by atoms with Crippen molar-refractivity contribution in [1.29, 1.82) is 0 Å². The van der Waals surface area contributed by atoms with Gasteiger partial charge in [-0.25, -0.2) is 4.98 Å². The van der Waals surface area contributed by atoms with Crippen molar-refractivity contribution in [2.24, 2.45) is 0 Å². The number of aliphatic carboxylic acids is 1. The van der Waals surface area contributed by atoms with Crippen LogP contribution in [0.15, 0.2) is 29.6 Å². The molecule has 0 unspecified atom stereocenters. The molecule has 0 radical (unpaired) electrons. The number of rotatable bonds is 4. The van der Waals surface area contributed by atoms with Gasteiger partial charge in [0.1, 0.15) is 5.01 Å². The molecule has 0 aliphatic carbocycles. The van der Waals surface area contributed by atoms with Gasteiger partial charge in [0.25, 0.3) is 0 Å². The molecule has 3 nitrogen and oxygen atoms in total. The Labute approximate surface area is 108 Å². The molecule has 0 aliphatic heterocycles. The Balaban J connectivity index is 2.06. The molecule has 1 aromatic carbocycles. The van der Waals surface area contributed by atoms with E-state index in [1.165, 1.54) is 11.3 Å². The minimum atomic E-state index is -0.850. The van der Waals surface area contributed by atoms with Crippen molar-refractivity contribution >= 4 is 28.9 Å². The lowest BCUT2D eigenvalue weighted by Gasteiger charge is -1.97. The second-order valence-corrected chi connectivity index (χ2v) is 4.99. The zero-order valence-electron chi connectivity index (χ0n) is 8.89. The van der Waals surface area contributed by atoms with Gasteiger partial charge in [-0.3, -0.25) is 4.79 Å². The summed E-state index contributed by atoms with van der Waals surface area (Å²) in [4.78, 5) is 14.8. The summed E-state index contributed by atoms with van der Waals surface area (Å²) >= 11 is 7.18. The van der Waals surface area contributed by atoms with Crippen LogP contribution in [-0.2, 0) is 17.6 Å². The molecule has 0 aliphatic rings. The Morgan fingerprint density at radius 2 is 2.06 bits per heavy atom. The summed E-state index contributed by atoms with van der Waals surface area (Å²) in [5, 5.41) is 11.9. The second kappa shape index (κ2) is 5.29. The Hall–Kier alpha value is -1.39. The van der Waals surface area contributed by atoms with Crippen LogP contribution >= 0.6 is 22.9 Å². The van der Waals surface area contributed by atoms with Crippen molar-refractivity contribution in [3.05, 3.63) is 50.9 Å². The molecule has 1 N–H and O–H groups in total. The summed E-state index contributed by atoms with van der Waals surface area (Å²) in [7, 11) is 0. The topological polar surface area (TPSA) is 50.2 Å². The zero-order chi connectivity index (χ0) is 12.3. The third kappa shape index (κ3) is 3.54. The highest BCUT2D eigenvalue weighted by Crippen LogP contribution is 2.16. The first-order valence-electron chi connectivity index (χ1n) is 5.03. The fourth-order valence-corrected chi connectivity index (χ4v) is 2.36. The van der Waals surface area contributed by atoms with Crippen LogP contribution in [0.25, 0.3) is 0 Å². The Bertz CT molecular complexity index is 522. The van der Waals surface area contributed by atoms with Gasteiger partial charge in [0.2, 0.25) is 0 Å². The van der Waals surface area contributed by atoms with Gasteiger partial charge >= 0.3 is 5.97 Å². The number of aromatic nitrogens is 1. The maximum absolute atomic E-state index is 10.5. The average Bonchev–Trinajstić information content (AvgIpc) is 2.68. The van der Waals surface area contributed by atoms with E-state index in [-0.39, 0.29) is 6.42 Å². The Kier molecular flexibility index (Phi) is 3.76. The summed E-state index contributed by atoms with van der Waals surface area (Å²) in [5.41, 5.74) is 2.01. The van der Waals surface area contributed by atoms with Crippen molar-refractivity contribution in [1.82, 2.24) is 4.98 Å². The molecule has 1 heterocycles. The lowest BCUT2D eigenvalue weighted by atomic mass is 10.1. The molecule has 5 heteroatoms. The predicted molar refractivity (Wildman–Crippen MR) is 67.7 cm³/mol. The Morgan fingerprint density at radius 1 is 1.35 bits per heavy atom. The van der Waals surface area contributed by atoms with Crippen molar-refractivity contribution < 1.29 is 9.90 Å². The number of halogens is 1.